The highest BCUT2D eigenvalue weighted by Crippen LogP contribution is 2.37. The van der Waals surface area contributed by atoms with Crippen LogP contribution in [0.1, 0.15) is 28.8 Å². The van der Waals surface area contributed by atoms with E-state index in [0.29, 0.717) is 29.8 Å². The molecular formula is C20H23N3O2. The van der Waals surface area contributed by atoms with E-state index in [9.17, 15) is 4.79 Å². The van der Waals surface area contributed by atoms with E-state index in [1.54, 1.807) is 12.4 Å². The maximum absolute atomic E-state index is 12.8. The number of fused-ring (bicyclic) bond motifs is 1. The number of nitrogens with zero attached hydrogens (tertiary/aromatic N) is 2. The molecule has 2 heterocycles. The molecule has 1 aliphatic heterocycles. The quantitative estimate of drug-likeness (QED) is 0.930. The van der Waals surface area contributed by atoms with Crippen molar-refractivity contribution in [2.75, 3.05) is 13.1 Å². The standard InChI is InChI=1S/C20H23N3O2/c21-19-7-6-16-11-23(12-18(16)19)20(24)15-4-1-5-17(9-15)25-13-14-3-2-8-22-10-14/h1-5,8-10,16,18-19H,6-7,11-13,21H2. The number of ether oxygens (including phenoxy) is 1. The van der Waals surface area contributed by atoms with E-state index >= 15 is 0 Å². The van der Waals surface area contributed by atoms with Gasteiger partial charge in [-0.15, -0.1) is 0 Å². The summed E-state index contributed by atoms with van der Waals surface area (Å²) in [5.41, 5.74) is 7.86. The molecule has 3 unspecified atom stereocenters. The van der Waals surface area contributed by atoms with Gasteiger partial charge in [0.2, 0.25) is 0 Å². The Morgan fingerprint density at radius 1 is 1.24 bits per heavy atom. The lowest BCUT2D eigenvalue weighted by Crippen LogP contribution is -2.33. The average molecular weight is 337 g/mol. The molecule has 1 aromatic carbocycles. The second-order valence-electron chi connectivity index (χ2n) is 7.05. The third-order valence-electron chi connectivity index (χ3n) is 5.41. The summed E-state index contributed by atoms with van der Waals surface area (Å²) in [6, 6.07) is 11.5. The first-order valence-corrected chi connectivity index (χ1v) is 8.87. The summed E-state index contributed by atoms with van der Waals surface area (Å²) in [5.74, 6) is 1.82. The predicted molar refractivity (Wildman–Crippen MR) is 95.1 cm³/mol. The number of hydrogen-bond donors (Lipinski definition) is 1. The number of aromatic nitrogens is 1. The van der Waals surface area contributed by atoms with Crippen LogP contribution in [0.3, 0.4) is 0 Å². The highest BCUT2D eigenvalue weighted by molar-refractivity contribution is 5.94. The molecule has 0 radical (unpaired) electrons. The zero-order chi connectivity index (χ0) is 17.2. The van der Waals surface area contributed by atoms with Crippen LogP contribution in [0, 0.1) is 11.8 Å². The van der Waals surface area contributed by atoms with Gasteiger partial charge < -0.3 is 15.4 Å². The summed E-state index contributed by atoms with van der Waals surface area (Å²) in [4.78, 5) is 18.9. The maximum Gasteiger partial charge on any atom is 0.254 e. The van der Waals surface area contributed by atoms with Gasteiger partial charge in [-0.2, -0.15) is 0 Å². The summed E-state index contributed by atoms with van der Waals surface area (Å²) in [6.45, 7) is 2.05. The SMILES string of the molecule is NC1CCC2CN(C(=O)c3cccc(OCc4cccnc4)c3)CC12. The molecule has 25 heavy (non-hydrogen) atoms. The number of benzene rings is 1. The van der Waals surface area contributed by atoms with Crippen molar-refractivity contribution in [3.8, 4) is 5.75 Å². The minimum Gasteiger partial charge on any atom is -0.489 e. The monoisotopic (exact) mass is 337 g/mol. The van der Waals surface area contributed by atoms with Gasteiger partial charge in [0.05, 0.1) is 0 Å². The van der Waals surface area contributed by atoms with Crippen LogP contribution in [0.4, 0.5) is 0 Å². The Bertz CT molecular complexity index is 750. The Balaban J connectivity index is 1.42. The minimum atomic E-state index is 0.0772. The Kier molecular flexibility index (Phi) is 4.40. The summed E-state index contributed by atoms with van der Waals surface area (Å²) in [6.07, 6.45) is 5.75. The second kappa shape index (κ2) is 6.84. The van der Waals surface area contributed by atoms with Crippen molar-refractivity contribution in [2.45, 2.75) is 25.5 Å². The van der Waals surface area contributed by atoms with Crippen LogP contribution in [-0.4, -0.2) is 34.9 Å². The number of hydrogen-bond acceptors (Lipinski definition) is 4. The number of pyridine rings is 1. The van der Waals surface area contributed by atoms with Crippen LogP contribution in [0.25, 0.3) is 0 Å². The largest absolute Gasteiger partial charge is 0.489 e. The summed E-state index contributed by atoms with van der Waals surface area (Å²) in [7, 11) is 0. The lowest BCUT2D eigenvalue weighted by Gasteiger charge is -2.19. The van der Waals surface area contributed by atoms with Crippen molar-refractivity contribution < 1.29 is 9.53 Å². The van der Waals surface area contributed by atoms with Gasteiger partial charge in [0, 0.05) is 42.7 Å². The maximum atomic E-state index is 12.8. The van der Waals surface area contributed by atoms with Crippen molar-refractivity contribution in [3.05, 3.63) is 59.9 Å². The molecule has 4 rings (SSSR count). The Morgan fingerprint density at radius 2 is 2.16 bits per heavy atom. The number of carbonyl (C=O) groups is 1. The molecule has 1 amide bonds. The van der Waals surface area contributed by atoms with Crippen molar-refractivity contribution in [1.29, 1.82) is 0 Å². The van der Waals surface area contributed by atoms with Crippen LogP contribution in [0.5, 0.6) is 5.75 Å². The van der Waals surface area contributed by atoms with Crippen LogP contribution in [0.2, 0.25) is 0 Å². The number of likely N-dealkylation sites (tertiary alicyclic amines) is 1. The molecule has 3 atom stereocenters. The molecule has 1 aromatic heterocycles. The van der Waals surface area contributed by atoms with E-state index in [1.165, 1.54) is 0 Å². The fourth-order valence-electron chi connectivity index (χ4n) is 4.02. The summed E-state index contributed by atoms with van der Waals surface area (Å²) < 4.78 is 5.81. The second-order valence-corrected chi connectivity index (χ2v) is 7.05. The van der Waals surface area contributed by atoms with Crippen molar-refractivity contribution in [1.82, 2.24) is 9.88 Å². The van der Waals surface area contributed by atoms with Gasteiger partial charge in [0.25, 0.3) is 5.91 Å². The number of carbonyl (C=O) groups excluding carboxylic acids is 1. The predicted octanol–water partition coefficient (Wildman–Crippen LogP) is 2.47. The molecule has 1 aliphatic carbocycles. The van der Waals surface area contributed by atoms with Crippen LogP contribution in [0.15, 0.2) is 48.8 Å². The van der Waals surface area contributed by atoms with Gasteiger partial charge in [-0.25, -0.2) is 0 Å². The fourth-order valence-corrected chi connectivity index (χ4v) is 4.02. The zero-order valence-corrected chi connectivity index (χ0v) is 14.2. The third-order valence-corrected chi connectivity index (χ3v) is 5.41. The van der Waals surface area contributed by atoms with E-state index < -0.39 is 0 Å². The number of nitrogens with two attached hydrogens (primary N) is 1. The van der Waals surface area contributed by atoms with E-state index in [0.717, 1.165) is 31.5 Å². The minimum absolute atomic E-state index is 0.0772. The Hall–Kier alpha value is -2.40. The highest BCUT2D eigenvalue weighted by atomic mass is 16.5. The third kappa shape index (κ3) is 3.37. The van der Waals surface area contributed by atoms with Crippen LogP contribution >= 0.6 is 0 Å². The zero-order valence-electron chi connectivity index (χ0n) is 14.2. The molecule has 0 bridgehead atoms. The summed E-state index contributed by atoms with van der Waals surface area (Å²) in [5, 5.41) is 0. The van der Waals surface area contributed by atoms with Crippen molar-refractivity contribution in [3.63, 3.8) is 0 Å². The lowest BCUT2D eigenvalue weighted by atomic mass is 9.98. The highest BCUT2D eigenvalue weighted by Gasteiger charge is 2.42. The smallest absolute Gasteiger partial charge is 0.254 e. The molecule has 1 saturated carbocycles. The molecule has 5 nitrogen and oxygen atoms in total. The van der Waals surface area contributed by atoms with Crippen molar-refractivity contribution >= 4 is 5.91 Å². The van der Waals surface area contributed by atoms with E-state index in [-0.39, 0.29) is 11.9 Å². The Morgan fingerprint density at radius 3 is 2.96 bits per heavy atom. The average Bonchev–Trinajstić information content (AvgIpc) is 3.23. The molecule has 2 N–H and O–H groups in total. The van der Waals surface area contributed by atoms with Gasteiger partial charge in [0.15, 0.2) is 0 Å². The lowest BCUT2D eigenvalue weighted by molar-refractivity contribution is 0.0779. The summed E-state index contributed by atoms with van der Waals surface area (Å²) >= 11 is 0. The van der Waals surface area contributed by atoms with Crippen LogP contribution < -0.4 is 10.5 Å². The van der Waals surface area contributed by atoms with Crippen LogP contribution in [-0.2, 0) is 6.61 Å². The molecule has 0 spiro atoms. The van der Waals surface area contributed by atoms with Gasteiger partial charge in [-0.3, -0.25) is 9.78 Å². The first kappa shape index (κ1) is 16.1. The molecule has 2 aliphatic rings. The molecule has 2 aromatic rings. The topological polar surface area (TPSA) is 68.5 Å². The normalized spacial score (nSPS) is 25.0. The first-order chi connectivity index (χ1) is 12.2. The van der Waals surface area contributed by atoms with Gasteiger partial charge >= 0.3 is 0 Å². The van der Waals surface area contributed by atoms with Gasteiger partial charge in [0.1, 0.15) is 12.4 Å². The van der Waals surface area contributed by atoms with Gasteiger partial charge in [-0.1, -0.05) is 12.1 Å². The molecule has 5 heteroatoms. The molecular weight excluding hydrogens is 314 g/mol. The first-order valence-electron chi connectivity index (χ1n) is 8.87. The molecule has 1 saturated heterocycles. The fraction of sp³-hybridized carbons (Fsp3) is 0.400. The number of amides is 1. The number of rotatable bonds is 4. The van der Waals surface area contributed by atoms with E-state index in [1.807, 2.05) is 41.3 Å². The van der Waals surface area contributed by atoms with E-state index in [2.05, 4.69) is 4.98 Å². The Labute approximate surface area is 147 Å². The van der Waals surface area contributed by atoms with Gasteiger partial charge in [-0.05, 0) is 48.9 Å². The van der Waals surface area contributed by atoms with E-state index in [4.69, 9.17) is 10.5 Å². The van der Waals surface area contributed by atoms with Crippen molar-refractivity contribution in [2.24, 2.45) is 17.6 Å². The molecule has 2 fully saturated rings. The molecule has 130 valence electrons.